The number of aryl methyl sites for hydroxylation is 3. The zero-order chi connectivity index (χ0) is 22.1. The number of fused-ring (bicyclic) bond motifs is 1. The molecule has 0 unspecified atom stereocenters. The van der Waals surface area contributed by atoms with Gasteiger partial charge in [-0.2, -0.15) is 0 Å². The van der Waals surface area contributed by atoms with E-state index in [0.29, 0.717) is 10.7 Å². The van der Waals surface area contributed by atoms with Crippen molar-refractivity contribution in [1.29, 1.82) is 0 Å². The van der Waals surface area contributed by atoms with Crippen molar-refractivity contribution in [3.05, 3.63) is 81.5 Å². The number of carbonyl (C=O) groups is 1. The van der Waals surface area contributed by atoms with Gasteiger partial charge in [0.1, 0.15) is 11.6 Å². The van der Waals surface area contributed by atoms with Crippen LogP contribution < -0.4 is 11.0 Å². The molecule has 0 atom stereocenters. The minimum Gasteiger partial charge on any atom is -0.324 e. The lowest BCUT2D eigenvalue weighted by Gasteiger charge is -2.09. The molecular weight excluding hydrogens is 410 g/mol. The lowest BCUT2D eigenvalue weighted by atomic mass is 10.1. The smallest absolute Gasteiger partial charge is 0.324 e. The third kappa shape index (κ3) is 4.25. The molecule has 31 heavy (non-hydrogen) atoms. The Morgan fingerprint density at radius 2 is 1.90 bits per heavy atom. The summed E-state index contributed by atoms with van der Waals surface area (Å²) in [5, 5.41) is 7.88. The van der Waals surface area contributed by atoms with Gasteiger partial charge in [-0.1, -0.05) is 41.6 Å². The molecule has 0 aliphatic rings. The second-order valence-corrected chi connectivity index (χ2v) is 8.56. The summed E-state index contributed by atoms with van der Waals surface area (Å²) in [7, 11) is 0. The van der Waals surface area contributed by atoms with Gasteiger partial charge in [-0.3, -0.25) is 4.79 Å². The number of carbonyl (C=O) groups excluding carboxylic acids is 1. The summed E-state index contributed by atoms with van der Waals surface area (Å²) < 4.78 is 2.59. The van der Waals surface area contributed by atoms with E-state index in [1.807, 2.05) is 58.0 Å². The molecule has 1 N–H and O–H groups in total. The van der Waals surface area contributed by atoms with Crippen molar-refractivity contribution in [2.24, 2.45) is 0 Å². The highest BCUT2D eigenvalue weighted by molar-refractivity contribution is 7.99. The van der Waals surface area contributed by atoms with Gasteiger partial charge in [0, 0.05) is 23.0 Å². The number of nitrogens with zero attached hydrogens (tertiary/aromatic N) is 4. The van der Waals surface area contributed by atoms with Crippen LogP contribution in [0.4, 0.5) is 5.69 Å². The molecule has 0 radical (unpaired) electrons. The summed E-state index contributed by atoms with van der Waals surface area (Å²) in [5.41, 5.74) is 5.17. The molecule has 4 rings (SSSR count). The highest BCUT2D eigenvalue weighted by atomic mass is 32.2. The molecule has 2 heterocycles. The van der Waals surface area contributed by atoms with Crippen LogP contribution in [0.15, 0.2) is 63.5 Å². The lowest BCUT2D eigenvalue weighted by Crippen LogP contribution is -2.28. The van der Waals surface area contributed by atoms with Crippen molar-refractivity contribution in [3.63, 3.8) is 0 Å². The topological polar surface area (TPSA) is 81.3 Å². The van der Waals surface area contributed by atoms with Gasteiger partial charge in [0.25, 0.3) is 0 Å². The third-order valence-electron chi connectivity index (χ3n) is 5.18. The highest BCUT2D eigenvalue weighted by Gasteiger charge is 2.16. The van der Waals surface area contributed by atoms with Gasteiger partial charge in [0.2, 0.25) is 5.91 Å². The van der Waals surface area contributed by atoms with Crippen LogP contribution in [0.25, 0.3) is 5.65 Å². The first-order chi connectivity index (χ1) is 14.8. The zero-order valence-electron chi connectivity index (χ0n) is 17.8. The van der Waals surface area contributed by atoms with Crippen molar-refractivity contribution in [2.45, 2.75) is 44.2 Å². The van der Waals surface area contributed by atoms with E-state index in [9.17, 15) is 9.59 Å². The quantitative estimate of drug-likeness (QED) is 0.516. The molecule has 1 amide bonds. The molecule has 0 saturated carbocycles. The first-order valence-corrected chi connectivity index (χ1v) is 10.7. The summed E-state index contributed by atoms with van der Waals surface area (Å²) in [6.45, 7) is 7.84. The third-order valence-corrected chi connectivity index (χ3v) is 6.34. The van der Waals surface area contributed by atoms with Crippen LogP contribution in [0.2, 0.25) is 0 Å². The molecule has 0 spiro atoms. The molecule has 0 bridgehead atoms. The molecule has 4 aromatic rings. The fourth-order valence-corrected chi connectivity index (χ4v) is 4.24. The predicted octanol–water partition coefficient (Wildman–Crippen LogP) is 3.91. The number of nitrogens with one attached hydrogen (secondary N) is 1. The fraction of sp³-hybridized carbons (Fsp3) is 0.217. The molecule has 2 aromatic carbocycles. The summed E-state index contributed by atoms with van der Waals surface area (Å²) in [6, 6.07) is 11.9. The minimum atomic E-state index is -0.379. The Labute approximate surface area is 184 Å². The van der Waals surface area contributed by atoms with Crippen LogP contribution in [0.3, 0.4) is 0 Å². The normalized spacial score (nSPS) is 11.1. The van der Waals surface area contributed by atoms with Gasteiger partial charge >= 0.3 is 5.69 Å². The van der Waals surface area contributed by atoms with E-state index in [1.165, 1.54) is 26.4 Å². The first-order valence-electron chi connectivity index (χ1n) is 9.89. The van der Waals surface area contributed by atoms with Crippen molar-refractivity contribution in [3.8, 4) is 0 Å². The Balaban J connectivity index is 1.62. The molecule has 7 nitrogen and oxygen atoms in total. The fourth-order valence-electron chi connectivity index (χ4n) is 3.33. The van der Waals surface area contributed by atoms with E-state index >= 15 is 0 Å². The summed E-state index contributed by atoms with van der Waals surface area (Å²) >= 11 is 1.45. The molecule has 2 aromatic heterocycles. The Bertz CT molecular complexity index is 1360. The Hall–Kier alpha value is -3.39. The van der Waals surface area contributed by atoms with E-state index in [2.05, 4.69) is 21.5 Å². The zero-order valence-corrected chi connectivity index (χ0v) is 18.7. The summed E-state index contributed by atoms with van der Waals surface area (Å²) in [5.74, 6) is -0.309. The van der Waals surface area contributed by atoms with Crippen molar-refractivity contribution < 1.29 is 4.79 Å². The monoisotopic (exact) mass is 433 g/mol. The maximum absolute atomic E-state index is 12.8. The van der Waals surface area contributed by atoms with E-state index in [1.54, 1.807) is 12.4 Å². The first kappa shape index (κ1) is 20.9. The van der Waals surface area contributed by atoms with Gasteiger partial charge in [0.05, 0.1) is 0 Å². The number of benzene rings is 2. The SMILES string of the molecule is Cc1ccc(Sc2nccn3c(=O)n(CC(=O)Nc4cccc(C)c4C)nc23)c(C)c1. The van der Waals surface area contributed by atoms with Crippen LogP contribution in [0, 0.1) is 27.7 Å². The van der Waals surface area contributed by atoms with E-state index in [4.69, 9.17) is 0 Å². The van der Waals surface area contributed by atoms with Gasteiger partial charge in [-0.25, -0.2) is 18.9 Å². The van der Waals surface area contributed by atoms with Gasteiger partial charge in [-0.15, -0.1) is 5.10 Å². The molecule has 0 aliphatic carbocycles. The average Bonchev–Trinajstić information content (AvgIpc) is 3.04. The Kier molecular flexibility index (Phi) is 5.65. The maximum Gasteiger partial charge on any atom is 0.350 e. The van der Waals surface area contributed by atoms with E-state index in [0.717, 1.165) is 27.3 Å². The molecular formula is C23H23N5O2S. The average molecular weight is 434 g/mol. The Morgan fingerprint density at radius 3 is 2.68 bits per heavy atom. The van der Waals surface area contributed by atoms with Gasteiger partial charge < -0.3 is 5.32 Å². The standard InChI is InChI=1S/C23H23N5O2S/c1-14-8-9-19(16(3)12-14)31-22-21-26-28(23(30)27(21)11-10-24-22)13-20(29)25-18-7-5-6-15(2)17(18)4/h5-12H,13H2,1-4H3,(H,25,29). The molecule has 0 fully saturated rings. The summed E-state index contributed by atoms with van der Waals surface area (Å²) in [4.78, 5) is 30.8. The maximum atomic E-state index is 12.8. The number of anilines is 1. The second-order valence-electron chi connectivity index (χ2n) is 7.53. The number of hydrogen-bond acceptors (Lipinski definition) is 5. The van der Waals surface area contributed by atoms with E-state index < -0.39 is 0 Å². The largest absolute Gasteiger partial charge is 0.350 e. The number of aromatic nitrogens is 4. The van der Waals surface area contributed by atoms with Gasteiger partial charge in [-0.05, 0) is 56.5 Å². The van der Waals surface area contributed by atoms with Crippen LogP contribution >= 0.6 is 11.8 Å². The molecule has 0 saturated heterocycles. The van der Waals surface area contributed by atoms with Crippen LogP contribution in [0.5, 0.6) is 0 Å². The molecule has 0 aliphatic heterocycles. The molecule has 8 heteroatoms. The van der Waals surface area contributed by atoms with E-state index in [-0.39, 0.29) is 18.1 Å². The number of amides is 1. The number of rotatable bonds is 5. The van der Waals surface area contributed by atoms with Crippen LogP contribution in [-0.2, 0) is 11.3 Å². The Morgan fingerprint density at radius 1 is 1.10 bits per heavy atom. The van der Waals surface area contributed by atoms with Crippen LogP contribution in [0.1, 0.15) is 22.3 Å². The van der Waals surface area contributed by atoms with Crippen molar-refractivity contribution >= 4 is 29.0 Å². The summed E-state index contributed by atoms with van der Waals surface area (Å²) in [6.07, 6.45) is 3.14. The predicted molar refractivity (Wildman–Crippen MR) is 122 cm³/mol. The molecule has 158 valence electrons. The van der Waals surface area contributed by atoms with Gasteiger partial charge in [0.15, 0.2) is 5.65 Å². The minimum absolute atomic E-state index is 0.179. The second kappa shape index (κ2) is 8.39. The van der Waals surface area contributed by atoms with Crippen molar-refractivity contribution in [2.75, 3.05) is 5.32 Å². The number of hydrogen-bond donors (Lipinski definition) is 1. The van der Waals surface area contributed by atoms with Crippen LogP contribution in [-0.4, -0.2) is 25.1 Å². The highest BCUT2D eigenvalue weighted by Crippen LogP contribution is 2.31. The lowest BCUT2D eigenvalue weighted by molar-refractivity contribution is -0.117. The van der Waals surface area contributed by atoms with Crippen molar-refractivity contribution in [1.82, 2.24) is 19.2 Å².